The number of rotatable bonds is 1. The molecule has 0 heterocycles. The molecule has 2 heteroatoms. The second-order valence-electron chi connectivity index (χ2n) is 4.98. The molecular formula is C11H21NO. The van der Waals surface area contributed by atoms with Gasteiger partial charge in [0.1, 0.15) is 0 Å². The van der Waals surface area contributed by atoms with Gasteiger partial charge < -0.3 is 10.8 Å². The Labute approximate surface area is 80.5 Å². The zero-order valence-corrected chi connectivity index (χ0v) is 8.34. The van der Waals surface area contributed by atoms with Gasteiger partial charge in [0.05, 0.1) is 6.10 Å². The molecule has 0 amide bonds. The van der Waals surface area contributed by atoms with Crippen molar-refractivity contribution in [3.05, 3.63) is 0 Å². The molecule has 0 aromatic rings. The van der Waals surface area contributed by atoms with Crippen LogP contribution >= 0.6 is 0 Å². The van der Waals surface area contributed by atoms with Gasteiger partial charge in [0.15, 0.2) is 0 Å². The Morgan fingerprint density at radius 2 is 1.54 bits per heavy atom. The minimum atomic E-state index is -0.103. The van der Waals surface area contributed by atoms with Gasteiger partial charge in [-0.3, -0.25) is 0 Å². The van der Waals surface area contributed by atoms with Crippen LogP contribution in [0.1, 0.15) is 51.4 Å². The van der Waals surface area contributed by atoms with E-state index in [1.165, 1.54) is 38.5 Å². The minimum Gasteiger partial charge on any atom is -0.393 e. The molecule has 0 aromatic heterocycles. The Balaban J connectivity index is 1.91. The molecule has 0 atom stereocenters. The summed E-state index contributed by atoms with van der Waals surface area (Å²) in [6, 6.07) is 0. The maximum Gasteiger partial charge on any atom is 0.0575 e. The van der Waals surface area contributed by atoms with Crippen LogP contribution in [0.3, 0.4) is 0 Å². The highest BCUT2D eigenvalue weighted by atomic mass is 16.3. The normalized spacial score (nSPS) is 42.5. The molecule has 0 bridgehead atoms. The van der Waals surface area contributed by atoms with E-state index in [2.05, 4.69) is 0 Å². The van der Waals surface area contributed by atoms with Crippen molar-refractivity contribution in [2.24, 2.45) is 11.7 Å². The van der Waals surface area contributed by atoms with E-state index in [9.17, 15) is 5.11 Å². The number of aliphatic hydroxyl groups excluding tert-OH is 1. The van der Waals surface area contributed by atoms with Gasteiger partial charge in [-0.15, -0.1) is 0 Å². The molecule has 0 radical (unpaired) electrons. The standard InChI is InChI=1S/C11H21NO/c12-11(7-10(13)8-11)9-5-3-1-2-4-6-9/h9-10,13H,1-8,12H2. The van der Waals surface area contributed by atoms with Gasteiger partial charge in [-0.2, -0.15) is 0 Å². The summed E-state index contributed by atoms with van der Waals surface area (Å²) in [5, 5.41) is 9.30. The molecular weight excluding hydrogens is 162 g/mol. The van der Waals surface area contributed by atoms with E-state index in [0.717, 1.165) is 12.8 Å². The van der Waals surface area contributed by atoms with E-state index in [1.54, 1.807) is 0 Å². The van der Waals surface area contributed by atoms with E-state index in [1.807, 2.05) is 0 Å². The van der Waals surface area contributed by atoms with Gasteiger partial charge in [0.2, 0.25) is 0 Å². The average molecular weight is 183 g/mol. The fourth-order valence-electron chi connectivity index (χ4n) is 3.01. The zero-order chi connectivity index (χ0) is 9.31. The molecule has 2 aliphatic rings. The molecule has 2 rings (SSSR count). The molecule has 2 nitrogen and oxygen atoms in total. The molecule has 0 saturated heterocycles. The fraction of sp³-hybridized carbons (Fsp3) is 1.00. The topological polar surface area (TPSA) is 46.2 Å². The lowest BCUT2D eigenvalue weighted by Gasteiger charge is -2.48. The van der Waals surface area contributed by atoms with E-state index < -0.39 is 0 Å². The van der Waals surface area contributed by atoms with Gasteiger partial charge in [0.25, 0.3) is 0 Å². The van der Waals surface area contributed by atoms with Gasteiger partial charge in [-0.05, 0) is 31.6 Å². The van der Waals surface area contributed by atoms with E-state index in [-0.39, 0.29) is 11.6 Å². The predicted octanol–water partition coefficient (Wildman–Crippen LogP) is 1.81. The highest BCUT2D eigenvalue weighted by Gasteiger charge is 2.45. The molecule has 0 spiro atoms. The van der Waals surface area contributed by atoms with Crippen LogP contribution < -0.4 is 5.73 Å². The maximum absolute atomic E-state index is 9.30. The van der Waals surface area contributed by atoms with Crippen molar-refractivity contribution in [1.82, 2.24) is 0 Å². The third-order valence-electron chi connectivity index (χ3n) is 3.90. The van der Waals surface area contributed by atoms with Crippen molar-refractivity contribution in [3.8, 4) is 0 Å². The van der Waals surface area contributed by atoms with Crippen molar-refractivity contribution < 1.29 is 5.11 Å². The Kier molecular flexibility index (Phi) is 2.61. The highest BCUT2D eigenvalue weighted by Crippen LogP contribution is 2.42. The monoisotopic (exact) mass is 183 g/mol. The maximum atomic E-state index is 9.30. The Bertz CT molecular complexity index is 167. The van der Waals surface area contributed by atoms with Crippen LogP contribution in [0.2, 0.25) is 0 Å². The summed E-state index contributed by atoms with van der Waals surface area (Å²) >= 11 is 0. The summed E-state index contributed by atoms with van der Waals surface area (Å²) in [5.41, 5.74) is 6.28. The highest BCUT2D eigenvalue weighted by molar-refractivity contribution is 5.03. The zero-order valence-electron chi connectivity index (χ0n) is 8.34. The molecule has 0 aliphatic heterocycles. The Hall–Kier alpha value is -0.0800. The van der Waals surface area contributed by atoms with Crippen molar-refractivity contribution >= 4 is 0 Å². The first-order chi connectivity index (χ1) is 6.21. The molecule has 2 fully saturated rings. The first-order valence-electron chi connectivity index (χ1n) is 5.68. The molecule has 0 aromatic carbocycles. The Morgan fingerprint density at radius 3 is 2.00 bits per heavy atom. The first-order valence-corrected chi connectivity index (χ1v) is 5.68. The summed E-state index contributed by atoms with van der Waals surface area (Å²) in [6.07, 6.45) is 9.64. The number of nitrogens with two attached hydrogens (primary N) is 1. The average Bonchev–Trinajstić information content (AvgIpc) is 2.28. The molecule has 0 unspecified atom stereocenters. The van der Waals surface area contributed by atoms with Crippen LogP contribution in [0.15, 0.2) is 0 Å². The molecule has 2 aliphatic carbocycles. The second kappa shape index (κ2) is 3.58. The number of hydrogen-bond donors (Lipinski definition) is 2. The Morgan fingerprint density at radius 1 is 1.00 bits per heavy atom. The summed E-state index contributed by atoms with van der Waals surface area (Å²) in [4.78, 5) is 0. The molecule has 13 heavy (non-hydrogen) atoms. The first kappa shape index (κ1) is 9.47. The van der Waals surface area contributed by atoms with Crippen molar-refractivity contribution in [2.45, 2.75) is 63.0 Å². The summed E-state index contributed by atoms with van der Waals surface area (Å²) in [6.45, 7) is 0. The number of aliphatic hydroxyl groups is 1. The van der Waals surface area contributed by atoms with Crippen LogP contribution in [0.4, 0.5) is 0 Å². The number of hydrogen-bond acceptors (Lipinski definition) is 2. The van der Waals surface area contributed by atoms with Gasteiger partial charge in [0, 0.05) is 5.54 Å². The molecule has 2 saturated carbocycles. The smallest absolute Gasteiger partial charge is 0.0575 e. The lowest BCUT2D eigenvalue weighted by Crippen LogP contribution is -2.59. The van der Waals surface area contributed by atoms with Gasteiger partial charge >= 0.3 is 0 Å². The third kappa shape index (κ3) is 1.89. The van der Waals surface area contributed by atoms with Crippen molar-refractivity contribution in [2.75, 3.05) is 0 Å². The van der Waals surface area contributed by atoms with Crippen molar-refractivity contribution in [1.29, 1.82) is 0 Å². The predicted molar refractivity (Wildman–Crippen MR) is 53.4 cm³/mol. The van der Waals surface area contributed by atoms with Crippen LogP contribution in [0, 0.1) is 5.92 Å². The van der Waals surface area contributed by atoms with E-state index in [4.69, 9.17) is 5.73 Å². The lowest BCUT2D eigenvalue weighted by atomic mass is 9.65. The molecule has 76 valence electrons. The lowest BCUT2D eigenvalue weighted by molar-refractivity contribution is -0.0123. The third-order valence-corrected chi connectivity index (χ3v) is 3.90. The van der Waals surface area contributed by atoms with Crippen LogP contribution in [0.5, 0.6) is 0 Å². The van der Waals surface area contributed by atoms with Gasteiger partial charge in [-0.1, -0.05) is 25.7 Å². The fourth-order valence-corrected chi connectivity index (χ4v) is 3.01. The van der Waals surface area contributed by atoms with Crippen molar-refractivity contribution in [3.63, 3.8) is 0 Å². The van der Waals surface area contributed by atoms with Crippen LogP contribution in [-0.2, 0) is 0 Å². The van der Waals surface area contributed by atoms with Gasteiger partial charge in [-0.25, -0.2) is 0 Å². The SMILES string of the molecule is NC1(C2CCCCCC2)CC(O)C1. The quantitative estimate of drug-likeness (QED) is 0.609. The summed E-state index contributed by atoms with van der Waals surface area (Å²) in [7, 11) is 0. The molecule has 3 N–H and O–H groups in total. The van der Waals surface area contributed by atoms with E-state index in [0.29, 0.717) is 5.92 Å². The van der Waals surface area contributed by atoms with E-state index >= 15 is 0 Å². The largest absolute Gasteiger partial charge is 0.393 e. The second-order valence-corrected chi connectivity index (χ2v) is 4.98. The van der Waals surface area contributed by atoms with Crippen LogP contribution in [-0.4, -0.2) is 16.7 Å². The van der Waals surface area contributed by atoms with Crippen LogP contribution in [0.25, 0.3) is 0 Å². The summed E-state index contributed by atoms with van der Waals surface area (Å²) < 4.78 is 0. The minimum absolute atomic E-state index is 0.00373. The summed E-state index contributed by atoms with van der Waals surface area (Å²) in [5.74, 6) is 0.693.